The molecule has 1 saturated carbocycles. The second-order valence-corrected chi connectivity index (χ2v) is 9.56. The van der Waals surface area contributed by atoms with E-state index in [4.69, 9.17) is 0 Å². The second-order valence-electron chi connectivity index (χ2n) is 8.50. The van der Waals surface area contributed by atoms with Crippen molar-refractivity contribution in [2.45, 2.75) is 38.6 Å². The van der Waals surface area contributed by atoms with E-state index in [-0.39, 0.29) is 23.7 Å². The molecule has 3 aliphatic rings. The number of likely N-dealkylation sites (tertiary alicyclic amines) is 2. The number of nitrogens with zero attached hydrogens (tertiary/aromatic N) is 5. The van der Waals surface area contributed by atoms with Gasteiger partial charge in [0.2, 0.25) is 11.8 Å². The Morgan fingerprint density at radius 1 is 1.39 bits per heavy atom. The number of amides is 2. The second kappa shape index (κ2) is 6.40. The normalized spacial score (nSPS) is 27.4. The molecule has 1 aliphatic carbocycles. The Labute approximate surface area is 168 Å². The predicted octanol–water partition coefficient (Wildman–Crippen LogP) is 1.94. The van der Waals surface area contributed by atoms with Crippen LogP contribution in [0.1, 0.15) is 41.6 Å². The molecular weight excluding hydrogens is 374 g/mol. The summed E-state index contributed by atoms with van der Waals surface area (Å²) in [4.78, 5) is 39.3. The summed E-state index contributed by atoms with van der Waals surface area (Å²) < 4.78 is 1.92. The molecule has 0 N–H and O–H groups in total. The number of rotatable bonds is 4. The molecule has 0 aromatic carbocycles. The molecule has 0 unspecified atom stereocenters. The van der Waals surface area contributed by atoms with Crippen molar-refractivity contribution in [3.05, 3.63) is 34.3 Å². The van der Waals surface area contributed by atoms with Crippen LogP contribution in [0.15, 0.2) is 17.9 Å². The van der Waals surface area contributed by atoms with Gasteiger partial charge in [-0.3, -0.25) is 9.59 Å². The molecule has 7 nitrogen and oxygen atoms in total. The van der Waals surface area contributed by atoms with Crippen LogP contribution in [0.25, 0.3) is 0 Å². The van der Waals surface area contributed by atoms with Gasteiger partial charge in [-0.15, -0.1) is 11.3 Å². The molecule has 0 radical (unpaired) electrons. The zero-order chi connectivity index (χ0) is 19.5. The lowest BCUT2D eigenvalue weighted by atomic mass is 9.75. The number of thiazole rings is 1. The Morgan fingerprint density at radius 3 is 2.86 bits per heavy atom. The van der Waals surface area contributed by atoms with Crippen molar-refractivity contribution in [3.8, 4) is 0 Å². The maximum Gasteiger partial charge on any atom is 0.231 e. The molecule has 0 bridgehead atoms. The van der Waals surface area contributed by atoms with E-state index in [1.54, 1.807) is 17.7 Å². The number of carbonyl (C=O) groups excluding carboxylic acids is 2. The van der Waals surface area contributed by atoms with Gasteiger partial charge < -0.3 is 14.4 Å². The Balaban J connectivity index is 1.44. The van der Waals surface area contributed by atoms with Crippen molar-refractivity contribution in [3.63, 3.8) is 0 Å². The van der Waals surface area contributed by atoms with Crippen LogP contribution in [0, 0.1) is 18.3 Å². The average molecular weight is 400 g/mol. The summed E-state index contributed by atoms with van der Waals surface area (Å²) in [5, 5.41) is 3.05. The molecule has 3 fully saturated rings. The highest BCUT2D eigenvalue weighted by atomic mass is 32.1. The van der Waals surface area contributed by atoms with Gasteiger partial charge in [-0.05, 0) is 26.2 Å². The van der Waals surface area contributed by atoms with Gasteiger partial charge in [-0.25, -0.2) is 9.97 Å². The van der Waals surface area contributed by atoms with Crippen molar-refractivity contribution in [2.24, 2.45) is 18.4 Å². The van der Waals surface area contributed by atoms with E-state index >= 15 is 0 Å². The Morgan fingerprint density at radius 2 is 2.21 bits per heavy atom. The molecular formula is C20H25N5O2S. The number of carbonyl (C=O) groups is 2. The lowest BCUT2D eigenvalue weighted by molar-refractivity contribution is -0.137. The van der Waals surface area contributed by atoms with E-state index < -0.39 is 5.41 Å². The highest BCUT2D eigenvalue weighted by Gasteiger charge is 2.59. The smallest absolute Gasteiger partial charge is 0.231 e. The first-order valence-electron chi connectivity index (χ1n) is 9.93. The largest absolute Gasteiger partial charge is 0.341 e. The summed E-state index contributed by atoms with van der Waals surface area (Å²) in [5.41, 5.74) is 1.32. The lowest BCUT2D eigenvalue weighted by Crippen LogP contribution is -2.40. The molecule has 2 atom stereocenters. The standard InChI is InChI=1S/C20H25N5O2S/c1-13-22-15(10-28-13)7-24-6-5-20(19(24)27)11-25(18(26)14-3-4-14)8-16(20)17-9-23(2)12-21-17/h9-10,12,14,16H,3-8,11H2,1-2H3/t16-,20-/m1/s1. The van der Waals surface area contributed by atoms with Gasteiger partial charge in [-0.1, -0.05) is 0 Å². The summed E-state index contributed by atoms with van der Waals surface area (Å²) in [6.07, 6.45) is 6.52. The molecule has 28 heavy (non-hydrogen) atoms. The highest BCUT2D eigenvalue weighted by Crippen LogP contribution is 2.50. The van der Waals surface area contributed by atoms with Crippen LogP contribution in [0.2, 0.25) is 0 Å². The van der Waals surface area contributed by atoms with Crippen LogP contribution in [0.4, 0.5) is 0 Å². The number of aryl methyl sites for hydroxylation is 2. The first-order chi connectivity index (χ1) is 13.5. The summed E-state index contributed by atoms with van der Waals surface area (Å²) in [6.45, 7) is 4.37. The lowest BCUT2D eigenvalue weighted by Gasteiger charge is -2.27. The van der Waals surface area contributed by atoms with E-state index in [0.717, 1.165) is 35.7 Å². The molecule has 2 saturated heterocycles. The molecule has 2 aromatic heterocycles. The summed E-state index contributed by atoms with van der Waals surface area (Å²) in [5.74, 6) is 0.510. The van der Waals surface area contributed by atoms with Gasteiger partial charge in [0, 0.05) is 50.1 Å². The summed E-state index contributed by atoms with van der Waals surface area (Å²) in [6, 6.07) is 0. The summed E-state index contributed by atoms with van der Waals surface area (Å²) in [7, 11) is 1.94. The minimum Gasteiger partial charge on any atom is -0.341 e. The van der Waals surface area contributed by atoms with Crippen LogP contribution in [0.3, 0.4) is 0 Å². The van der Waals surface area contributed by atoms with E-state index in [0.29, 0.717) is 26.2 Å². The zero-order valence-electron chi connectivity index (χ0n) is 16.3. The van der Waals surface area contributed by atoms with E-state index in [1.165, 1.54) is 0 Å². The topological polar surface area (TPSA) is 71.3 Å². The maximum absolute atomic E-state index is 13.6. The van der Waals surface area contributed by atoms with Crippen molar-refractivity contribution in [1.29, 1.82) is 0 Å². The quantitative estimate of drug-likeness (QED) is 0.788. The molecule has 2 aromatic rings. The third-order valence-corrected chi connectivity index (χ3v) is 7.25. The Kier molecular flexibility index (Phi) is 4.08. The summed E-state index contributed by atoms with van der Waals surface area (Å²) >= 11 is 1.61. The number of imidazole rings is 1. The minimum atomic E-state index is -0.552. The van der Waals surface area contributed by atoms with Crippen molar-refractivity contribution in [2.75, 3.05) is 19.6 Å². The number of hydrogen-bond donors (Lipinski definition) is 0. The van der Waals surface area contributed by atoms with Gasteiger partial charge in [0.05, 0.1) is 34.7 Å². The molecule has 4 heterocycles. The van der Waals surface area contributed by atoms with E-state index in [9.17, 15) is 9.59 Å². The Bertz CT molecular complexity index is 933. The fourth-order valence-electron chi connectivity index (χ4n) is 4.81. The van der Waals surface area contributed by atoms with Crippen LogP contribution in [-0.2, 0) is 23.2 Å². The fourth-order valence-corrected chi connectivity index (χ4v) is 5.42. The van der Waals surface area contributed by atoms with Crippen molar-refractivity contribution in [1.82, 2.24) is 24.3 Å². The van der Waals surface area contributed by atoms with E-state index in [2.05, 4.69) is 9.97 Å². The molecule has 5 rings (SSSR count). The van der Waals surface area contributed by atoms with Gasteiger partial charge in [0.15, 0.2) is 0 Å². The number of aromatic nitrogens is 3. The van der Waals surface area contributed by atoms with Crippen molar-refractivity contribution < 1.29 is 9.59 Å². The number of hydrogen-bond acceptors (Lipinski definition) is 5. The average Bonchev–Trinajstić information content (AvgIpc) is 2.96. The third-order valence-electron chi connectivity index (χ3n) is 6.42. The van der Waals surface area contributed by atoms with Crippen LogP contribution >= 0.6 is 11.3 Å². The zero-order valence-corrected chi connectivity index (χ0v) is 17.1. The first-order valence-corrected chi connectivity index (χ1v) is 10.8. The molecule has 8 heteroatoms. The van der Waals surface area contributed by atoms with Crippen LogP contribution in [0.5, 0.6) is 0 Å². The molecule has 1 spiro atoms. The molecule has 2 amide bonds. The Hall–Kier alpha value is -2.22. The predicted molar refractivity (Wildman–Crippen MR) is 105 cm³/mol. The maximum atomic E-state index is 13.6. The van der Waals surface area contributed by atoms with Gasteiger partial charge >= 0.3 is 0 Å². The van der Waals surface area contributed by atoms with Crippen molar-refractivity contribution >= 4 is 23.2 Å². The molecule has 148 valence electrons. The minimum absolute atomic E-state index is 0.0360. The van der Waals surface area contributed by atoms with Gasteiger partial charge in [0.25, 0.3) is 0 Å². The highest BCUT2D eigenvalue weighted by molar-refractivity contribution is 7.09. The SMILES string of the molecule is Cc1nc(CN2CC[C@]3(CN(C(=O)C4CC4)C[C@@H]3c3cn(C)cn3)C2=O)cs1. The molecule has 2 aliphatic heterocycles. The van der Waals surface area contributed by atoms with Gasteiger partial charge in [0.1, 0.15) is 0 Å². The fraction of sp³-hybridized carbons (Fsp3) is 0.600. The van der Waals surface area contributed by atoms with Crippen LogP contribution in [-0.4, -0.2) is 55.8 Å². The third kappa shape index (κ3) is 2.85. The first kappa shape index (κ1) is 17.8. The van der Waals surface area contributed by atoms with Crippen LogP contribution < -0.4 is 0 Å². The monoisotopic (exact) mass is 399 g/mol. The van der Waals surface area contributed by atoms with Gasteiger partial charge in [-0.2, -0.15) is 0 Å². The van der Waals surface area contributed by atoms with E-state index in [1.807, 2.05) is 39.9 Å².